The van der Waals surface area contributed by atoms with Gasteiger partial charge < -0.3 is 20.2 Å². The Bertz CT molecular complexity index is 1990. The number of benzene rings is 2. The van der Waals surface area contributed by atoms with E-state index in [9.17, 15) is 9.59 Å². The zero-order valence-electron chi connectivity index (χ0n) is 28.6. The van der Waals surface area contributed by atoms with Gasteiger partial charge >= 0.3 is 0 Å². The molecule has 3 N–H and O–H groups in total. The molecule has 0 saturated carbocycles. The van der Waals surface area contributed by atoms with E-state index in [1.807, 2.05) is 86.3 Å². The fraction of sp³-hybridized carbons (Fsp3) is 0.250. The molecule has 254 valence electrons. The summed E-state index contributed by atoms with van der Waals surface area (Å²) in [7, 11) is 0. The first kappa shape index (κ1) is 34.0. The van der Waals surface area contributed by atoms with E-state index >= 15 is 0 Å². The van der Waals surface area contributed by atoms with Gasteiger partial charge in [-0.05, 0) is 50.3 Å². The van der Waals surface area contributed by atoms with Crippen molar-refractivity contribution in [1.29, 1.82) is 0 Å². The van der Waals surface area contributed by atoms with Gasteiger partial charge in [-0.15, -0.1) is 0 Å². The second-order valence-electron chi connectivity index (χ2n) is 12.7. The third-order valence-corrected chi connectivity index (χ3v) is 9.29. The molecule has 0 spiro atoms. The lowest BCUT2D eigenvalue weighted by Gasteiger charge is -2.26. The molecule has 0 aliphatic carbocycles. The van der Waals surface area contributed by atoms with E-state index in [0.29, 0.717) is 18.2 Å². The zero-order valence-corrected chi connectivity index (χ0v) is 28.6. The van der Waals surface area contributed by atoms with Crippen molar-refractivity contribution >= 4 is 11.8 Å². The maximum absolute atomic E-state index is 13.3. The van der Waals surface area contributed by atoms with Crippen molar-refractivity contribution in [2.45, 2.75) is 51.6 Å². The van der Waals surface area contributed by atoms with E-state index in [0.717, 1.165) is 57.9 Å². The molecule has 10 nitrogen and oxygen atoms in total. The Morgan fingerprint density at radius 2 is 1.56 bits per heavy atom. The van der Waals surface area contributed by atoms with Gasteiger partial charge in [0.1, 0.15) is 11.6 Å². The Morgan fingerprint density at radius 3 is 2.28 bits per heavy atom. The normalized spacial score (nSPS) is 16.2. The molecule has 1 saturated heterocycles. The number of aromatic nitrogens is 6. The Hall–Kier alpha value is -5.90. The highest BCUT2D eigenvalue weighted by Gasteiger charge is 2.34. The number of hydrogen-bond donors (Lipinski definition) is 3. The molecule has 3 aromatic heterocycles. The van der Waals surface area contributed by atoms with Crippen molar-refractivity contribution in [3.63, 3.8) is 0 Å². The first-order valence-electron chi connectivity index (χ1n) is 16.9. The van der Waals surface area contributed by atoms with E-state index in [1.54, 1.807) is 36.9 Å². The van der Waals surface area contributed by atoms with Crippen LogP contribution in [-0.4, -0.2) is 53.2 Å². The molecule has 2 amide bonds. The number of amides is 2. The van der Waals surface area contributed by atoms with Gasteiger partial charge in [0.25, 0.3) is 0 Å². The van der Waals surface area contributed by atoms with Gasteiger partial charge in [-0.2, -0.15) is 0 Å². The number of rotatable bonds is 12. The number of imidazole rings is 2. The third kappa shape index (κ3) is 7.39. The Morgan fingerprint density at radius 1 is 0.880 bits per heavy atom. The number of nitrogens with one attached hydrogen (secondary N) is 3. The highest BCUT2D eigenvalue weighted by Crippen LogP contribution is 2.34. The number of likely N-dealkylation sites (tertiary alicyclic amines) is 1. The molecule has 1 fully saturated rings. The number of H-pyrrole nitrogens is 2. The molecule has 5 aromatic rings. The summed E-state index contributed by atoms with van der Waals surface area (Å²) >= 11 is 0. The zero-order chi connectivity index (χ0) is 35.2. The number of aromatic amines is 2. The van der Waals surface area contributed by atoms with Gasteiger partial charge in [-0.3, -0.25) is 9.59 Å². The Kier molecular flexibility index (Phi) is 10.3. The lowest BCUT2D eigenvalue weighted by Crippen LogP contribution is -2.35. The number of hydrogen-bond acceptors (Lipinski definition) is 6. The van der Waals surface area contributed by atoms with Crippen LogP contribution in [-0.2, 0) is 9.59 Å². The second kappa shape index (κ2) is 15.1. The largest absolute Gasteiger partial charge is 0.346 e. The van der Waals surface area contributed by atoms with Crippen LogP contribution in [0.1, 0.15) is 68.8 Å². The van der Waals surface area contributed by atoms with E-state index < -0.39 is 0 Å². The topological polar surface area (TPSA) is 133 Å². The van der Waals surface area contributed by atoms with Crippen LogP contribution in [0.3, 0.4) is 0 Å². The fourth-order valence-corrected chi connectivity index (χ4v) is 6.13. The van der Waals surface area contributed by atoms with Crippen molar-refractivity contribution in [2.75, 3.05) is 6.54 Å². The number of carbonyl (C=O) groups excluding carboxylic acids is 2. The number of carbonyl (C=O) groups is 2. The minimum Gasteiger partial charge on any atom is -0.346 e. The minimum atomic E-state index is -0.328. The predicted octanol–water partition coefficient (Wildman–Crippen LogP) is 7.50. The van der Waals surface area contributed by atoms with E-state index in [4.69, 9.17) is 0 Å². The Balaban J connectivity index is 1.08. The van der Waals surface area contributed by atoms with Crippen LogP contribution in [0.25, 0.3) is 33.9 Å². The lowest BCUT2D eigenvalue weighted by atomic mass is 10.00. The smallest absolute Gasteiger partial charge is 0.230 e. The van der Waals surface area contributed by atoms with Crippen LogP contribution < -0.4 is 5.32 Å². The fourth-order valence-electron chi connectivity index (χ4n) is 6.13. The molecule has 0 radical (unpaired) electrons. The molecule has 10 heteroatoms. The average Bonchev–Trinajstić information content (AvgIpc) is 3.95. The summed E-state index contributed by atoms with van der Waals surface area (Å²) in [6, 6.07) is 17.3. The molecule has 4 heterocycles. The molecule has 2 aromatic carbocycles. The summed E-state index contributed by atoms with van der Waals surface area (Å²) in [5.41, 5.74) is 6.00. The molecule has 50 heavy (non-hydrogen) atoms. The summed E-state index contributed by atoms with van der Waals surface area (Å²) in [4.78, 5) is 53.3. The first-order valence-corrected chi connectivity index (χ1v) is 16.9. The van der Waals surface area contributed by atoms with Crippen molar-refractivity contribution < 1.29 is 9.59 Å². The molecule has 1 aliphatic rings. The van der Waals surface area contributed by atoms with E-state index in [1.165, 1.54) is 0 Å². The van der Waals surface area contributed by atoms with Gasteiger partial charge in [0.2, 0.25) is 11.8 Å². The van der Waals surface area contributed by atoms with Gasteiger partial charge in [0, 0.05) is 30.1 Å². The van der Waals surface area contributed by atoms with Gasteiger partial charge in [-0.1, -0.05) is 86.0 Å². The highest BCUT2D eigenvalue weighted by atomic mass is 16.2. The van der Waals surface area contributed by atoms with Gasteiger partial charge in [0.05, 0.1) is 47.7 Å². The Labute approximate surface area is 292 Å². The molecule has 0 unspecified atom stereocenters. The molecule has 6 rings (SSSR count). The summed E-state index contributed by atoms with van der Waals surface area (Å²) in [5.74, 6) is 1.44. The standard InChI is InChI=1S/C40H42N8O2/c1-6-7-12-25(2)26(3)40(50)48-20-11-15-35(48)38-44-24-34(47-38)32-21-41-37(42-22-32)31-18-16-30(17-19-31)33-23-43-36(46-33)28(5)45-39(49)27(4)29-13-9-8-10-14-29/h6-10,12-14,16-19,21-24,26-28,35H,1-2,11,15,20H2,3-5H3,(H,43,46)(H,44,47)(H,45,49)/b12-7-/t26-,27-,28+,35+/m1/s1. The molecule has 1 aliphatic heterocycles. The van der Waals surface area contributed by atoms with Gasteiger partial charge in [-0.25, -0.2) is 19.9 Å². The monoisotopic (exact) mass is 666 g/mol. The minimum absolute atomic E-state index is 0.0445. The molecule has 4 atom stereocenters. The maximum atomic E-state index is 13.3. The van der Waals surface area contributed by atoms with E-state index in [-0.39, 0.29) is 35.7 Å². The second-order valence-corrected chi connectivity index (χ2v) is 12.7. The molecular weight excluding hydrogens is 624 g/mol. The summed E-state index contributed by atoms with van der Waals surface area (Å²) < 4.78 is 0. The van der Waals surface area contributed by atoms with Gasteiger partial charge in [0.15, 0.2) is 5.82 Å². The lowest BCUT2D eigenvalue weighted by molar-refractivity contribution is -0.134. The first-order chi connectivity index (χ1) is 24.2. The average molecular weight is 667 g/mol. The number of allylic oxidation sites excluding steroid dienone is 3. The highest BCUT2D eigenvalue weighted by molar-refractivity contribution is 5.83. The van der Waals surface area contributed by atoms with Crippen molar-refractivity contribution in [3.05, 3.63) is 134 Å². The summed E-state index contributed by atoms with van der Waals surface area (Å²) in [6.07, 6.45) is 14.2. The molecular formula is C40H42N8O2. The quantitative estimate of drug-likeness (QED) is 0.118. The number of nitrogens with zero attached hydrogens (tertiary/aromatic N) is 5. The van der Waals surface area contributed by atoms with Crippen LogP contribution in [0.2, 0.25) is 0 Å². The summed E-state index contributed by atoms with van der Waals surface area (Å²) in [6.45, 7) is 14.1. The SMILES string of the molecule is C=C/C=C\C(=C)[C@@H](C)C(=O)N1CCC[C@H]1c1ncc(-c2cnc(-c3ccc(-c4cnc([C@H](C)NC(=O)[C@H](C)c5ccccc5)[nH]4)cc3)nc2)[nH]1. The van der Waals surface area contributed by atoms with Crippen molar-refractivity contribution in [2.24, 2.45) is 5.92 Å². The predicted molar refractivity (Wildman–Crippen MR) is 195 cm³/mol. The van der Waals surface area contributed by atoms with Crippen LogP contribution in [0.4, 0.5) is 0 Å². The van der Waals surface area contributed by atoms with Crippen LogP contribution in [0, 0.1) is 5.92 Å². The maximum Gasteiger partial charge on any atom is 0.230 e. The molecule has 0 bridgehead atoms. The third-order valence-electron chi connectivity index (χ3n) is 9.29. The van der Waals surface area contributed by atoms with Crippen LogP contribution >= 0.6 is 0 Å². The van der Waals surface area contributed by atoms with Crippen molar-refractivity contribution in [1.82, 2.24) is 40.1 Å². The summed E-state index contributed by atoms with van der Waals surface area (Å²) in [5, 5.41) is 3.06. The van der Waals surface area contributed by atoms with Crippen LogP contribution in [0.5, 0.6) is 0 Å². The van der Waals surface area contributed by atoms with E-state index in [2.05, 4.69) is 48.4 Å². The van der Waals surface area contributed by atoms with Crippen LogP contribution in [0.15, 0.2) is 116 Å². The van der Waals surface area contributed by atoms with Crippen molar-refractivity contribution in [3.8, 4) is 33.9 Å².